The maximum atomic E-state index is 8.09. The van der Waals surface area contributed by atoms with Crippen molar-refractivity contribution >= 4 is 11.6 Å². The highest BCUT2D eigenvalue weighted by Gasteiger charge is 2.15. The number of aromatic nitrogens is 1. The van der Waals surface area contributed by atoms with Gasteiger partial charge in [-0.2, -0.15) is 0 Å². The monoisotopic (exact) mass is 289 g/mol. The summed E-state index contributed by atoms with van der Waals surface area (Å²) in [6, 6.07) is 9.99. The lowest BCUT2D eigenvalue weighted by Gasteiger charge is -2.17. The number of benzene rings is 1. The van der Waals surface area contributed by atoms with E-state index in [0.29, 0.717) is 5.02 Å². The summed E-state index contributed by atoms with van der Waals surface area (Å²) in [5, 5.41) is 0.632. The van der Waals surface area contributed by atoms with Crippen LogP contribution in [0.4, 0.5) is 0 Å². The van der Waals surface area contributed by atoms with Crippen LogP contribution in [0.3, 0.4) is 0 Å². The molecule has 0 aliphatic rings. The van der Waals surface area contributed by atoms with Gasteiger partial charge in [0, 0.05) is 29.3 Å². The third kappa shape index (κ3) is 3.21. The molecule has 2 heteroatoms. The van der Waals surface area contributed by atoms with E-state index in [2.05, 4.69) is 37.9 Å². The van der Waals surface area contributed by atoms with E-state index in [-0.39, 0.29) is 5.41 Å². The minimum absolute atomic E-state index is 0.0509. The molecule has 0 saturated heterocycles. The number of halogens is 1. The van der Waals surface area contributed by atoms with E-state index in [1.54, 1.807) is 0 Å². The number of rotatable bonds is 2. The van der Waals surface area contributed by atoms with E-state index in [1.807, 2.05) is 38.2 Å². The maximum Gasteiger partial charge on any atom is 0.0457 e. The summed E-state index contributed by atoms with van der Waals surface area (Å²) in [5.41, 5.74) is 4.03. The minimum Gasteiger partial charge on any atom is -0.260 e. The molecule has 0 bridgehead atoms. The SMILES string of the molecule is [3H]C(C)(C)c1ccc(-c2ccc(C(C)(C)C)nc2)cc1Cl. The van der Waals surface area contributed by atoms with Gasteiger partial charge in [-0.3, -0.25) is 4.98 Å². The first-order chi connectivity index (χ1) is 9.59. The van der Waals surface area contributed by atoms with Crippen molar-refractivity contribution < 1.29 is 1.37 Å². The van der Waals surface area contributed by atoms with Crippen molar-refractivity contribution in [1.82, 2.24) is 4.98 Å². The zero-order valence-corrected chi connectivity index (χ0v) is 13.5. The molecule has 0 saturated carbocycles. The van der Waals surface area contributed by atoms with Gasteiger partial charge in [0.25, 0.3) is 0 Å². The normalized spacial score (nSPS) is 13.2. The lowest BCUT2D eigenvalue weighted by atomic mass is 9.91. The summed E-state index contributed by atoms with van der Waals surface area (Å²) in [5.74, 6) is -0.691. The first kappa shape index (κ1) is 13.6. The van der Waals surface area contributed by atoms with E-state index in [1.165, 1.54) is 0 Å². The molecule has 0 fully saturated rings. The summed E-state index contributed by atoms with van der Waals surface area (Å²) in [4.78, 5) is 4.55. The molecule has 2 rings (SSSR count). The summed E-state index contributed by atoms with van der Waals surface area (Å²) in [6.45, 7) is 10.1. The van der Waals surface area contributed by atoms with E-state index in [4.69, 9.17) is 13.0 Å². The lowest BCUT2D eigenvalue weighted by Crippen LogP contribution is -2.12. The van der Waals surface area contributed by atoms with Crippen molar-refractivity contribution in [2.24, 2.45) is 0 Å². The lowest BCUT2D eigenvalue weighted by molar-refractivity contribution is 0.569. The molecule has 20 heavy (non-hydrogen) atoms. The predicted molar refractivity (Wildman–Crippen MR) is 87.5 cm³/mol. The van der Waals surface area contributed by atoms with Gasteiger partial charge in [0.1, 0.15) is 0 Å². The van der Waals surface area contributed by atoms with Gasteiger partial charge in [-0.25, -0.2) is 0 Å². The Bertz CT molecular complexity index is 634. The smallest absolute Gasteiger partial charge is 0.0457 e. The summed E-state index contributed by atoms with van der Waals surface area (Å²) >= 11 is 6.33. The molecular formula is C18H22ClN. The van der Waals surface area contributed by atoms with Crippen LogP contribution in [-0.2, 0) is 5.41 Å². The Labute approximate surface area is 128 Å². The standard InChI is InChI=1S/C18H22ClN/c1-12(2)15-8-6-13(10-16(15)19)14-7-9-17(20-11-14)18(3,4)5/h6-12H,1-5H3/i12T. The largest absolute Gasteiger partial charge is 0.260 e. The molecule has 0 unspecified atom stereocenters. The second-order valence-corrected chi connectivity index (χ2v) is 6.78. The van der Waals surface area contributed by atoms with Gasteiger partial charge in [0.2, 0.25) is 0 Å². The summed E-state index contributed by atoms with van der Waals surface area (Å²) < 4.78 is 8.09. The van der Waals surface area contributed by atoms with Crippen LogP contribution in [0.1, 0.15) is 53.1 Å². The molecule has 0 amide bonds. The zero-order chi connectivity index (χ0) is 15.8. The molecule has 0 atom stereocenters. The van der Waals surface area contributed by atoms with E-state index < -0.39 is 5.89 Å². The number of pyridine rings is 1. The molecule has 0 radical (unpaired) electrons. The van der Waals surface area contributed by atoms with Crippen LogP contribution in [0.5, 0.6) is 0 Å². The molecule has 106 valence electrons. The highest BCUT2D eigenvalue weighted by molar-refractivity contribution is 6.31. The van der Waals surface area contributed by atoms with Gasteiger partial charge in [-0.1, -0.05) is 64.4 Å². The molecule has 0 aliphatic heterocycles. The molecular weight excluding hydrogens is 266 g/mol. The first-order valence-corrected chi connectivity index (χ1v) is 7.24. The van der Waals surface area contributed by atoms with Crippen molar-refractivity contribution in [2.45, 2.75) is 45.9 Å². The van der Waals surface area contributed by atoms with Crippen LogP contribution in [0.15, 0.2) is 36.5 Å². The number of hydrogen-bond acceptors (Lipinski definition) is 1. The van der Waals surface area contributed by atoms with Gasteiger partial charge in [-0.15, -0.1) is 0 Å². The fourth-order valence-corrected chi connectivity index (χ4v) is 2.48. The molecule has 1 aromatic carbocycles. The van der Waals surface area contributed by atoms with Crippen LogP contribution in [-0.4, -0.2) is 4.98 Å². The van der Waals surface area contributed by atoms with Crippen LogP contribution in [0.25, 0.3) is 11.1 Å². The Balaban J connectivity index is 2.37. The minimum atomic E-state index is -0.691. The Morgan fingerprint density at radius 3 is 2.20 bits per heavy atom. The van der Waals surface area contributed by atoms with E-state index in [9.17, 15) is 0 Å². The Morgan fingerprint density at radius 2 is 1.75 bits per heavy atom. The molecule has 1 heterocycles. The number of hydrogen-bond donors (Lipinski definition) is 0. The van der Waals surface area contributed by atoms with Gasteiger partial charge in [0.15, 0.2) is 0 Å². The average molecular weight is 290 g/mol. The Morgan fingerprint density at radius 1 is 1.10 bits per heavy atom. The van der Waals surface area contributed by atoms with Gasteiger partial charge >= 0.3 is 0 Å². The highest BCUT2D eigenvalue weighted by Crippen LogP contribution is 2.30. The fraction of sp³-hybridized carbons (Fsp3) is 0.389. The fourth-order valence-electron chi connectivity index (χ4n) is 2.11. The molecule has 2 aromatic rings. The van der Waals surface area contributed by atoms with Crippen LogP contribution in [0.2, 0.25) is 5.02 Å². The molecule has 0 N–H and O–H groups in total. The molecule has 0 spiro atoms. The van der Waals surface area contributed by atoms with Crippen LogP contribution in [0, 0.1) is 0 Å². The Kier molecular flexibility index (Phi) is 3.80. The molecule has 1 nitrogen and oxygen atoms in total. The van der Waals surface area contributed by atoms with Gasteiger partial charge in [-0.05, 0) is 29.2 Å². The van der Waals surface area contributed by atoms with Crippen molar-refractivity contribution in [3.05, 3.63) is 52.8 Å². The summed E-state index contributed by atoms with van der Waals surface area (Å²) in [6.07, 6.45) is 1.89. The maximum absolute atomic E-state index is 8.09. The van der Waals surface area contributed by atoms with Crippen molar-refractivity contribution in [1.29, 1.82) is 0 Å². The van der Waals surface area contributed by atoms with Crippen molar-refractivity contribution in [3.63, 3.8) is 0 Å². The Hall–Kier alpha value is -1.34. The predicted octanol–water partition coefficient (Wildman–Crippen LogP) is 5.82. The third-order valence-electron chi connectivity index (χ3n) is 3.37. The third-order valence-corrected chi connectivity index (χ3v) is 3.69. The van der Waals surface area contributed by atoms with E-state index in [0.717, 1.165) is 22.4 Å². The molecule has 1 aromatic heterocycles. The van der Waals surface area contributed by atoms with Crippen LogP contribution < -0.4 is 0 Å². The average Bonchev–Trinajstić information content (AvgIpc) is 2.36. The zero-order valence-electron chi connectivity index (χ0n) is 13.8. The van der Waals surface area contributed by atoms with Gasteiger partial charge in [0.05, 0.1) is 0 Å². The summed E-state index contributed by atoms with van der Waals surface area (Å²) in [7, 11) is 0. The second-order valence-electron chi connectivity index (χ2n) is 6.38. The first-order valence-electron chi connectivity index (χ1n) is 7.36. The molecule has 0 aliphatic carbocycles. The highest BCUT2D eigenvalue weighted by atomic mass is 35.5. The van der Waals surface area contributed by atoms with Crippen molar-refractivity contribution in [3.8, 4) is 11.1 Å². The number of nitrogens with zero attached hydrogens (tertiary/aromatic N) is 1. The quantitative estimate of drug-likeness (QED) is 0.678. The van der Waals surface area contributed by atoms with Crippen molar-refractivity contribution in [2.75, 3.05) is 0 Å². The van der Waals surface area contributed by atoms with E-state index >= 15 is 0 Å². The topological polar surface area (TPSA) is 12.9 Å². The van der Waals surface area contributed by atoms with Gasteiger partial charge < -0.3 is 0 Å². The van der Waals surface area contributed by atoms with Crippen LogP contribution >= 0.6 is 11.6 Å². The second kappa shape index (κ2) is 5.57.